The third kappa shape index (κ3) is 2.90. The van der Waals surface area contributed by atoms with Crippen molar-refractivity contribution in [2.24, 2.45) is 10.9 Å². The molecule has 1 aromatic heterocycles. The Kier molecular flexibility index (Phi) is 3.55. The molecular formula is C8H10N4O3. The standard InChI is InChI=1S/C8H10N4O3/c1-5(13)15-12-7(9)6-8(14-2)11-4-3-10-6/h3-4H,1-2H3,(H2,9,12). The summed E-state index contributed by atoms with van der Waals surface area (Å²) in [6, 6.07) is 0. The van der Waals surface area contributed by atoms with Crippen LogP contribution in [0.4, 0.5) is 0 Å². The minimum absolute atomic E-state index is 0.0739. The van der Waals surface area contributed by atoms with Crippen molar-refractivity contribution in [1.29, 1.82) is 0 Å². The van der Waals surface area contributed by atoms with Crippen molar-refractivity contribution in [3.05, 3.63) is 18.1 Å². The van der Waals surface area contributed by atoms with Crippen LogP contribution < -0.4 is 10.5 Å². The van der Waals surface area contributed by atoms with Crippen molar-refractivity contribution in [2.45, 2.75) is 6.92 Å². The molecule has 0 aromatic carbocycles. The van der Waals surface area contributed by atoms with Gasteiger partial charge in [-0.15, -0.1) is 0 Å². The average molecular weight is 210 g/mol. The summed E-state index contributed by atoms with van der Waals surface area (Å²) in [5.74, 6) is -0.429. The predicted octanol–water partition coefficient (Wildman–Crippen LogP) is -0.331. The molecule has 0 atom stereocenters. The molecule has 2 N–H and O–H groups in total. The highest BCUT2D eigenvalue weighted by Gasteiger charge is 2.10. The first-order valence-electron chi connectivity index (χ1n) is 4.01. The van der Waals surface area contributed by atoms with E-state index < -0.39 is 5.97 Å². The van der Waals surface area contributed by atoms with Crippen LogP contribution in [-0.4, -0.2) is 28.9 Å². The number of aromatic nitrogens is 2. The maximum Gasteiger partial charge on any atom is 0.332 e. The molecule has 0 aliphatic rings. The molecule has 0 aliphatic carbocycles. The van der Waals surface area contributed by atoms with Gasteiger partial charge in [0, 0.05) is 19.3 Å². The monoisotopic (exact) mass is 210 g/mol. The van der Waals surface area contributed by atoms with Gasteiger partial charge in [0.1, 0.15) is 0 Å². The second-order valence-corrected chi connectivity index (χ2v) is 2.47. The fraction of sp³-hybridized carbons (Fsp3) is 0.250. The lowest BCUT2D eigenvalue weighted by molar-refractivity contribution is -0.140. The van der Waals surface area contributed by atoms with Crippen molar-refractivity contribution < 1.29 is 14.4 Å². The Morgan fingerprint density at radius 1 is 1.47 bits per heavy atom. The van der Waals surface area contributed by atoms with Crippen molar-refractivity contribution in [2.75, 3.05) is 7.11 Å². The van der Waals surface area contributed by atoms with Crippen LogP contribution in [0.15, 0.2) is 17.5 Å². The van der Waals surface area contributed by atoms with Gasteiger partial charge in [0.25, 0.3) is 0 Å². The van der Waals surface area contributed by atoms with E-state index in [1.165, 1.54) is 26.4 Å². The van der Waals surface area contributed by atoms with Gasteiger partial charge in [-0.3, -0.25) is 0 Å². The molecule has 0 unspecified atom stereocenters. The average Bonchev–Trinajstić information content (AvgIpc) is 2.25. The molecule has 0 spiro atoms. The summed E-state index contributed by atoms with van der Waals surface area (Å²) in [5, 5.41) is 3.36. The first-order chi connectivity index (χ1) is 7.15. The molecule has 1 rings (SSSR count). The van der Waals surface area contributed by atoms with Crippen LogP contribution in [0.25, 0.3) is 0 Å². The summed E-state index contributed by atoms with van der Waals surface area (Å²) in [7, 11) is 1.42. The van der Waals surface area contributed by atoms with Crippen molar-refractivity contribution in [3.8, 4) is 5.88 Å². The van der Waals surface area contributed by atoms with Crippen LogP contribution in [0.1, 0.15) is 12.6 Å². The number of amidine groups is 1. The fourth-order valence-corrected chi connectivity index (χ4v) is 0.807. The minimum Gasteiger partial charge on any atom is -0.479 e. The number of methoxy groups -OCH3 is 1. The van der Waals surface area contributed by atoms with Gasteiger partial charge < -0.3 is 15.3 Å². The quantitative estimate of drug-likeness (QED) is 0.317. The highest BCUT2D eigenvalue weighted by molar-refractivity contribution is 5.97. The van der Waals surface area contributed by atoms with E-state index in [9.17, 15) is 4.79 Å². The van der Waals surface area contributed by atoms with Crippen LogP contribution in [0.3, 0.4) is 0 Å². The Hall–Kier alpha value is -2.18. The van der Waals surface area contributed by atoms with Gasteiger partial charge in [-0.05, 0) is 0 Å². The summed E-state index contributed by atoms with van der Waals surface area (Å²) in [6.07, 6.45) is 2.87. The summed E-state index contributed by atoms with van der Waals surface area (Å²) >= 11 is 0. The lowest BCUT2D eigenvalue weighted by Crippen LogP contribution is -2.18. The van der Waals surface area contributed by atoms with Gasteiger partial charge >= 0.3 is 5.97 Å². The number of oxime groups is 1. The molecule has 7 nitrogen and oxygen atoms in total. The number of hydrogen-bond donors (Lipinski definition) is 1. The van der Waals surface area contributed by atoms with E-state index in [2.05, 4.69) is 20.0 Å². The number of carbonyl (C=O) groups excluding carboxylic acids is 1. The second kappa shape index (κ2) is 4.89. The number of nitrogens with two attached hydrogens (primary N) is 1. The maximum atomic E-state index is 10.5. The molecule has 7 heteroatoms. The number of hydrogen-bond acceptors (Lipinski definition) is 6. The number of ether oxygens (including phenoxy) is 1. The SMILES string of the molecule is COc1nccnc1/C(N)=N/OC(C)=O. The highest BCUT2D eigenvalue weighted by atomic mass is 16.7. The van der Waals surface area contributed by atoms with Crippen LogP contribution in [0.5, 0.6) is 5.88 Å². The predicted molar refractivity (Wildman–Crippen MR) is 51.1 cm³/mol. The molecular weight excluding hydrogens is 200 g/mol. The van der Waals surface area contributed by atoms with E-state index in [4.69, 9.17) is 10.5 Å². The molecule has 0 saturated heterocycles. The summed E-state index contributed by atoms with van der Waals surface area (Å²) in [5.41, 5.74) is 5.73. The van der Waals surface area contributed by atoms with Gasteiger partial charge in [0.15, 0.2) is 11.5 Å². The molecule has 0 saturated carbocycles. The lowest BCUT2D eigenvalue weighted by Gasteiger charge is -2.03. The summed E-state index contributed by atoms with van der Waals surface area (Å²) in [4.78, 5) is 22.6. The molecule has 0 fully saturated rings. The number of carbonyl (C=O) groups is 1. The van der Waals surface area contributed by atoms with Crippen molar-refractivity contribution in [1.82, 2.24) is 9.97 Å². The molecule has 15 heavy (non-hydrogen) atoms. The molecule has 0 bridgehead atoms. The summed E-state index contributed by atoms with van der Waals surface area (Å²) < 4.78 is 4.90. The molecule has 0 amide bonds. The van der Waals surface area contributed by atoms with E-state index >= 15 is 0 Å². The lowest BCUT2D eigenvalue weighted by atomic mass is 10.4. The van der Waals surface area contributed by atoms with Crippen molar-refractivity contribution >= 4 is 11.8 Å². The molecule has 0 aliphatic heterocycles. The zero-order valence-electron chi connectivity index (χ0n) is 8.30. The van der Waals surface area contributed by atoms with Gasteiger partial charge in [0.2, 0.25) is 5.88 Å². The Morgan fingerprint density at radius 3 is 2.73 bits per heavy atom. The number of nitrogens with zero attached hydrogens (tertiary/aromatic N) is 3. The first-order valence-corrected chi connectivity index (χ1v) is 4.01. The van der Waals surface area contributed by atoms with Crippen LogP contribution >= 0.6 is 0 Å². The third-order valence-electron chi connectivity index (χ3n) is 1.37. The van der Waals surface area contributed by atoms with E-state index in [0.29, 0.717) is 0 Å². The van der Waals surface area contributed by atoms with Gasteiger partial charge in [0.05, 0.1) is 7.11 Å². The third-order valence-corrected chi connectivity index (χ3v) is 1.37. The maximum absolute atomic E-state index is 10.5. The Labute approximate surface area is 85.9 Å². The van der Waals surface area contributed by atoms with E-state index in [0.717, 1.165) is 0 Å². The normalized spacial score (nSPS) is 10.9. The molecule has 0 radical (unpaired) electrons. The number of rotatable bonds is 3. The fourth-order valence-electron chi connectivity index (χ4n) is 0.807. The Bertz CT molecular complexity index is 391. The van der Waals surface area contributed by atoms with E-state index in [1.807, 2.05) is 0 Å². The van der Waals surface area contributed by atoms with E-state index in [-0.39, 0.29) is 17.4 Å². The Balaban J connectivity index is 2.94. The van der Waals surface area contributed by atoms with Gasteiger partial charge in [-0.1, -0.05) is 5.16 Å². The van der Waals surface area contributed by atoms with Crippen LogP contribution in [0.2, 0.25) is 0 Å². The van der Waals surface area contributed by atoms with Crippen LogP contribution in [0, 0.1) is 0 Å². The largest absolute Gasteiger partial charge is 0.479 e. The van der Waals surface area contributed by atoms with E-state index in [1.54, 1.807) is 0 Å². The van der Waals surface area contributed by atoms with Crippen LogP contribution in [-0.2, 0) is 9.63 Å². The zero-order valence-corrected chi connectivity index (χ0v) is 8.30. The van der Waals surface area contributed by atoms with Crippen molar-refractivity contribution in [3.63, 3.8) is 0 Å². The highest BCUT2D eigenvalue weighted by Crippen LogP contribution is 2.09. The molecule has 1 heterocycles. The van der Waals surface area contributed by atoms with Gasteiger partial charge in [-0.25, -0.2) is 14.8 Å². The summed E-state index contributed by atoms with van der Waals surface area (Å²) in [6.45, 7) is 1.21. The first kappa shape index (κ1) is 10.9. The molecule has 1 aromatic rings. The smallest absolute Gasteiger partial charge is 0.332 e. The second-order valence-electron chi connectivity index (χ2n) is 2.47. The minimum atomic E-state index is -0.569. The zero-order chi connectivity index (χ0) is 11.3. The molecule has 80 valence electrons. The Morgan fingerprint density at radius 2 is 2.13 bits per heavy atom. The van der Waals surface area contributed by atoms with Gasteiger partial charge in [-0.2, -0.15) is 0 Å². The topological polar surface area (TPSA) is 99.7 Å².